The maximum atomic E-state index is 12.1. The standard InChI is InChI=1S/C17H28N4O2/c1-4-16(15-5-7-18-8-6-15)20-17(22)19-9-10-21-11-13(2)23-14(3)12-21/h5-8,13-14,16H,4,9-12H2,1-3H3,(H2,19,20,22)/t13-,14+,16-/m1/s1. The maximum Gasteiger partial charge on any atom is 0.315 e. The molecule has 6 nitrogen and oxygen atoms in total. The molecule has 3 atom stereocenters. The molecule has 2 rings (SSSR count). The average molecular weight is 320 g/mol. The van der Waals surface area contributed by atoms with Crippen molar-refractivity contribution in [3.63, 3.8) is 0 Å². The first-order chi connectivity index (χ1) is 11.1. The molecule has 0 radical (unpaired) electrons. The first-order valence-corrected chi connectivity index (χ1v) is 8.40. The van der Waals surface area contributed by atoms with Crippen LogP contribution >= 0.6 is 0 Å². The lowest BCUT2D eigenvalue weighted by molar-refractivity contribution is -0.0672. The molecule has 0 aliphatic carbocycles. The Kier molecular flexibility index (Phi) is 6.80. The third-order valence-corrected chi connectivity index (χ3v) is 4.03. The highest BCUT2D eigenvalue weighted by Crippen LogP contribution is 2.14. The van der Waals surface area contributed by atoms with E-state index in [2.05, 4.69) is 41.3 Å². The molecule has 2 amide bonds. The summed E-state index contributed by atoms with van der Waals surface area (Å²) >= 11 is 0. The minimum absolute atomic E-state index is 0.0152. The Morgan fingerprint density at radius 2 is 2.00 bits per heavy atom. The first-order valence-electron chi connectivity index (χ1n) is 8.40. The van der Waals surface area contributed by atoms with Crippen LogP contribution < -0.4 is 10.6 Å². The van der Waals surface area contributed by atoms with Gasteiger partial charge in [-0.05, 0) is 38.0 Å². The van der Waals surface area contributed by atoms with E-state index in [9.17, 15) is 4.79 Å². The quantitative estimate of drug-likeness (QED) is 0.841. The van der Waals surface area contributed by atoms with Crippen molar-refractivity contribution in [2.75, 3.05) is 26.2 Å². The number of pyridine rings is 1. The van der Waals surface area contributed by atoms with Gasteiger partial charge in [-0.2, -0.15) is 0 Å². The van der Waals surface area contributed by atoms with E-state index in [4.69, 9.17) is 4.74 Å². The molecule has 1 aromatic rings. The normalized spacial score (nSPS) is 23.3. The van der Waals surface area contributed by atoms with Gasteiger partial charge in [-0.15, -0.1) is 0 Å². The third kappa shape index (κ3) is 5.80. The Labute approximate surface area is 138 Å². The number of morpholine rings is 1. The Hall–Kier alpha value is -1.66. The predicted molar refractivity (Wildman–Crippen MR) is 90.3 cm³/mol. The fourth-order valence-electron chi connectivity index (χ4n) is 3.02. The molecule has 1 aromatic heterocycles. The number of rotatable bonds is 6. The van der Waals surface area contributed by atoms with E-state index in [-0.39, 0.29) is 24.3 Å². The number of nitrogens with one attached hydrogen (secondary N) is 2. The molecule has 1 fully saturated rings. The molecule has 0 bridgehead atoms. The van der Waals surface area contributed by atoms with Crippen molar-refractivity contribution in [1.82, 2.24) is 20.5 Å². The molecule has 0 aromatic carbocycles. The smallest absolute Gasteiger partial charge is 0.315 e. The fourth-order valence-corrected chi connectivity index (χ4v) is 3.02. The van der Waals surface area contributed by atoms with E-state index in [1.165, 1.54) is 0 Å². The van der Waals surface area contributed by atoms with Crippen LogP contribution in [0.3, 0.4) is 0 Å². The number of ether oxygens (including phenoxy) is 1. The lowest BCUT2D eigenvalue weighted by Crippen LogP contribution is -2.48. The van der Waals surface area contributed by atoms with Gasteiger partial charge in [0.2, 0.25) is 0 Å². The summed E-state index contributed by atoms with van der Waals surface area (Å²) in [5.74, 6) is 0. The number of hydrogen-bond acceptors (Lipinski definition) is 4. The Bertz CT molecular complexity index is 473. The average Bonchev–Trinajstić information content (AvgIpc) is 2.52. The van der Waals surface area contributed by atoms with Gasteiger partial charge in [0, 0.05) is 38.6 Å². The minimum Gasteiger partial charge on any atom is -0.373 e. The summed E-state index contributed by atoms with van der Waals surface area (Å²) in [6, 6.07) is 3.76. The second-order valence-electron chi connectivity index (χ2n) is 6.16. The molecule has 0 spiro atoms. The molecule has 6 heteroatoms. The van der Waals surface area contributed by atoms with Crippen molar-refractivity contribution in [3.8, 4) is 0 Å². The van der Waals surface area contributed by atoms with Crippen LogP contribution in [0.4, 0.5) is 4.79 Å². The number of aromatic nitrogens is 1. The number of hydrogen-bond donors (Lipinski definition) is 2. The lowest BCUT2D eigenvalue weighted by atomic mass is 10.1. The van der Waals surface area contributed by atoms with Crippen LogP contribution in [-0.2, 0) is 4.74 Å². The van der Waals surface area contributed by atoms with Crippen molar-refractivity contribution >= 4 is 6.03 Å². The third-order valence-electron chi connectivity index (χ3n) is 4.03. The molecular weight excluding hydrogens is 292 g/mol. The monoisotopic (exact) mass is 320 g/mol. The summed E-state index contributed by atoms with van der Waals surface area (Å²) in [4.78, 5) is 18.4. The summed E-state index contributed by atoms with van der Waals surface area (Å²) in [6.45, 7) is 9.55. The topological polar surface area (TPSA) is 66.5 Å². The zero-order valence-electron chi connectivity index (χ0n) is 14.3. The lowest BCUT2D eigenvalue weighted by Gasteiger charge is -2.35. The van der Waals surface area contributed by atoms with Crippen molar-refractivity contribution in [2.24, 2.45) is 0 Å². The molecule has 2 N–H and O–H groups in total. The Morgan fingerprint density at radius 1 is 1.35 bits per heavy atom. The Balaban J connectivity index is 1.72. The number of carbonyl (C=O) groups is 1. The van der Waals surface area contributed by atoms with Crippen molar-refractivity contribution < 1.29 is 9.53 Å². The largest absolute Gasteiger partial charge is 0.373 e. The van der Waals surface area contributed by atoms with Crippen LogP contribution in [0.2, 0.25) is 0 Å². The first kappa shape index (κ1) is 17.7. The van der Waals surface area contributed by atoms with E-state index in [0.29, 0.717) is 6.54 Å². The van der Waals surface area contributed by atoms with Crippen LogP contribution in [0.5, 0.6) is 0 Å². The van der Waals surface area contributed by atoms with Gasteiger partial charge in [-0.1, -0.05) is 6.92 Å². The van der Waals surface area contributed by atoms with Crippen LogP contribution in [-0.4, -0.2) is 54.3 Å². The van der Waals surface area contributed by atoms with Gasteiger partial charge in [0.1, 0.15) is 0 Å². The molecule has 1 aliphatic rings. The van der Waals surface area contributed by atoms with E-state index >= 15 is 0 Å². The summed E-state index contributed by atoms with van der Waals surface area (Å²) in [5, 5.41) is 5.96. The van der Waals surface area contributed by atoms with Gasteiger partial charge < -0.3 is 15.4 Å². The summed E-state index contributed by atoms with van der Waals surface area (Å²) in [6.07, 6.45) is 4.85. The Morgan fingerprint density at radius 3 is 2.61 bits per heavy atom. The van der Waals surface area contributed by atoms with Crippen LogP contribution in [0.25, 0.3) is 0 Å². The van der Waals surface area contributed by atoms with E-state index in [1.54, 1.807) is 12.4 Å². The maximum absolute atomic E-state index is 12.1. The second kappa shape index (κ2) is 8.84. The number of urea groups is 1. The molecule has 1 saturated heterocycles. The van der Waals surface area contributed by atoms with Crippen LogP contribution in [0, 0.1) is 0 Å². The molecule has 0 unspecified atom stereocenters. The zero-order chi connectivity index (χ0) is 16.7. The number of carbonyl (C=O) groups excluding carboxylic acids is 1. The summed E-state index contributed by atoms with van der Waals surface area (Å²) < 4.78 is 5.71. The molecule has 0 saturated carbocycles. The van der Waals surface area contributed by atoms with E-state index in [0.717, 1.165) is 31.6 Å². The SMILES string of the molecule is CC[C@@H](NC(=O)NCCN1C[C@@H](C)O[C@@H](C)C1)c1ccncc1. The summed E-state index contributed by atoms with van der Waals surface area (Å²) in [5.41, 5.74) is 1.08. The summed E-state index contributed by atoms with van der Waals surface area (Å²) in [7, 11) is 0. The van der Waals surface area contributed by atoms with E-state index < -0.39 is 0 Å². The van der Waals surface area contributed by atoms with Gasteiger partial charge in [0.15, 0.2) is 0 Å². The number of amides is 2. The van der Waals surface area contributed by atoms with Crippen LogP contribution in [0.15, 0.2) is 24.5 Å². The molecular formula is C17H28N4O2. The van der Waals surface area contributed by atoms with Gasteiger partial charge in [0.25, 0.3) is 0 Å². The molecule has 128 valence electrons. The molecule has 1 aliphatic heterocycles. The second-order valence-corrected chi connectivity index (χ2v) is 6.16. The highest BCUT2D eigenvalue weighted by Gasteiger charge is 2.21. The minimum atomic E-state index is -0.122. The van der Waals surface area contributed by atoms with Crippen molar-refractivity contribution in [3.05, 3.63) is 30.1 Å². The highest BCUT2D eigenvalue weighted by atomic mass is 16.5. The highest BCUT2D eigenvalue weighted by molar-refractivity contribution is 5.74. The predicted octanol–water partition coefficient (Wildman–Crippen LogP) is 1.94. The van der Waals surface area contributed by atoms with Gasteiger partial charge in [-0.3, -0.25) is 9.88 Å². The van der Waals surface area contributed by atoms with Crippen LogP contribution in [0.1, 0.15) is 38.8 Å². The van der Waals surface area contributed by atoms with Gasteiger partial charge in [0.05, 0.1) is 18.2 Å². The molecule has 2 heterocycles. The van der Waals surface area contributed by atoms with Crippen molar-refractivity contribution in [2.45, 2.75) is 45.4 Å². The molecule has 23 heavy (non-hydrogen) atoms. The van der Waals surface area contributed by atoms with Gasteiger partial charge >= 0.3 is 6.03 Å². The number of nitrogens with zero attached hydrogens (tertiary/aromatic N) is 2. The van der Waals surface area contributed by atoms with Crippen molar-refractivity contribution in [1.29, 1.82) is 0 Å². The van der Waals surface area contributed by atoms with Gasteiger partial charge in [-0.25, -0.2) is 4.79 Å². The zero-order valence-corrected chi connectivity index (χ0v) is 14.3. The van der Waals surface area contributed by atoms with E-state index in [1.807, 2.05) is 12.1 Å². The fraction of sp³-hybridized carbons (Fsp3) is 0.647.